The van der Waals surface area contributed by atoms with Crippen LogP contribution >= 0.6 is 11.6 Å². The van der Waals surface area contributed by atoms with Gasteiger partial charge in [0.1, 0.15) is 12.4 Å². The van der Waals surface area contributed by atoms with Gasteiger partial charge < -0.3 is 19.5 Å². The molecule has 0 bridgehead atoms. The molecule has 7 atom stereocenters. The molecule has 2 fully saturated rings. The van der Waals surface area contributed by atoms with Crippen molar-refractivity contribution < 1.29 is 27.8 Å². The number of carbonyl (C=O) groups is 1. The fourth-order valence-electron chi connectivity index (χ4n) is 7.73. The fourth-order valence-corrected chi connectivity index (χ4v) is 9.41. The maximum Gasteiger partial charge on any atom is 0.264 e. The number of halogens is 1. The van der Waals surface area contributed by atoms with Gasteiger partial charge >= 0.3 is 0 Å². The maximum atomic E-state index is 14.0. The second-order valence-corrected chi connectivity index (χ2v) is 16.9. The first kappa shape index (κ1) is 37.7. The molecule has 1 saturated carbocycles. The number of sulfonamides is 1. The molecule has 0 spiro atoms. The van der Waals surface area contributed by atoms with Gasteiger partial charge in [0.25, 0.3) is 5.91 Å². The lowest BCUT2D eigenvalue weighted by Crippen LogP contribution is -2.43. The number of ether oxygens (including phenoxy) is 2. The van der Waals surface area contributed by atoms with Crippen LogP contribution in [0.4, 0.5) is 5.69 Å². The van der Waals surface area contributed by atoms with Crippen molar-refractivity contribution in [3.8, 4) is 5.75 Å². The lowest BCUT2D eigenvalue weighted by atomic mass is 9.70. The summed E-state index contributed by atoms with van der Waals surface area (Å²) < 4.78 is 42.7. The lowest BCUT2D eigenvalue weighted by molar-refractivity contribution is 0.0282. The van der Waals surface area contributed by atoms with Crippen LogP contribution in [0.1, 0.15) is 100 Å². The molecule has 1 aliphatic carbocycles. The quantitative estimate of drug-likeness (QED) is 0.205. The van der Waals surface area contributed by atoms with E-state index in [9.17, 15) is 18.3 Å². The second kappa shape index (κ2) is 17.1. The number of anilines is 1. The van der Waals surface area contributed by atoms with Gasteiger partial charge in [-0.3, -0.25) is 4.79 Å². The third-order valence-electron chi connectivity index (χ3n) is 11.2. The number of carbonyl (C=O) groups excluding carboxylic acids is 1. The first-order valence-corrected chi connectivity index (χ1v) is 20.2. The van der Waals surface area contributed by atoms with Crippen molar-refractivity contribution in [2.45, 2.75) is 109 Å². The Kier molecular flexibility index (Phi) is 13.1. The number of amides is 1. The molecule has 8 nitrogen and oxygen atoms in total. The van der Waals surface area contributed by atoms with Crippen molar-refractivity contribution in [2.24, 2.45) is 23.7 Å². The Labute approximate surface area is 298 Å². The lowest BCUT2D eigenvalue weighted by Gasteiger charge is -2.42. The first-order chi connectivity index (χ1) is 23.5. The predicted octanol–water partition coefficient (Wildman–Crippen LogP) is 7.70. The van der Waals surface area contributed by atoms with Crippen molar-refractivity contribution in [3.05, 3.63) is 70.8 Å². The molecule has 1 saturated heterocycles. The normalized spacial score (nSPS) is 23.8. The first-order valence-electron chi connectivity index (χ1n) is 18.3. The van der Waals surface area contributed by atoms with E-state index in [4.69, 9.17) is 21.1 Å². The molecule has 0 radical (unpaired) electrons. The molecule has 5 rings (SSSR count). The molecule has 2 heterocycles. The van der Waals surface area contributed by atoms with Crippen LogP contribution in [0.15, 0.2) is 49.1 Å². The zero-order valence-corrected chi connectivity index (χ0v) is 31.0. The summed E-state index contributed by atoms with van der Waals surface area (Å²) in [6, 6.07) is 11.1. The fraction of sp³-hybridized carbons (Fsp3) is 0.615. The predicted molar refractivity (Wildman–Crippen MR) is 197 cm³/mol. The van der Waals surface area contributed by atoms with E-state index in [1.165, 1.54) is 5.56 Å². The minimum Gasteiger partial charge on any atom is -0.487 e. The summed E-state index contributed by atoms with van der Waals surface area (Å²) in [6.07, 6.45) is 9.44. The molecule has 0 aromatic heterocycles. The minimum absolute atomic E-state index is 0.000409. The SMILES string of the molecule is C=CC(C[C@H](C[C@@H]1CCCO1)S(=O)(=O)NC(=O)c1ccc2c(c1)N(C[C@@H]1CC[C@H]1[C@H](C)O)CCCCc1cc(Cl)ccc1CO2)C(C)CC. The van der Waals surface area contributed by atoms with Gasteiger partial charge in [0.05, 0.1) is 23.1 Å². The summed E-state index contributed by atoms with van der Waals surface area (Å²) in [5, 5.41) is 10.3. The van der Waals surface area contributed by atoms with Crippen LogP contribution in [0.2, 0.25) is 5.02 Å². The molecule has 3 aliphatic rings. The third kappa shape index (κ3) is 9.60. The van der Waals surface area contributed by atoms with Gasteiger partial charge in [0.15, 0.2) is 0 Å². The van der Waals surface area contributed by atoms with Crippen LogP contribution in [-0.2, 0) is 27.8 Å². The smallest absolute Gasteiger partial charge is 0.264 e. The van der Waals surface area contributed by atoms with Gasteiger partial charge in [-0.2, -0.15) is 0 Å². The number of hydrogen-bond donors (Lipinski definition) is 2. The molecular weight excluding hydrogens is 660 g/mol. The average molecular weight is 715 g/mol. The van der Waals surface area contributed by atoms with Gasteiger partial charge in [-0.15, -0.1) is 6.58 Å². The summed E-state index contributed by atoms with van der Waals surface area (Å²) in [5.41, 5.74) is 3.26. The van der Waals surface area contributed by atoms with Crippen molar-refractivity contribution in [3.63, 3.8) is 0 Å². The highest BCUT2D eigenvalue weighted by molar-refractivity contribution is 7.90. The molecule has 2 aliphatic heterocycles. The van der Waals surface area contributed by atoms with Crippen LogP contribution < -0.4 is 14.4 Å². The van der Waals surface area contributed by atoms with Crippen LogP contribution in [-0.4, -0.2) is 56.6 Å². The Bertz CT molecular complexity index is 1540. The summed E-state index contributed by atoms with van der Waals surface area (Å²) in [4.78, 5) is 16.1. The molecule has 2 aromatic rings. The number of allylic oxidation sites excluding steroid dienone is 1. The molecule has 2 aromatic carbocycles. The highest BCUT2D eigenvalue weighted by Crippen LogP contribution is 2.40. The van der Waals surface area contributed by atoms with E-state index in [0.717, 1.165) is 75.7 Å². The number of aliphatic hydroxyl groups is 1. The zero-order valence-electron chi connectivity index (χ0n) is 29.4. The number of nitrogens with zero attached hydrogens (tertiary/aromatic N) is 1. The average Bonchev–Trinajstić information content (AvgIpc) is 3.56. The minimum atomic E-state index is -4.05. The summed E-state index contributed by atoms with van der Waals surface area (Å²) in [6.45, 7) is 12.5. The van der Waals surface area contributed by atoms with E-state index in [-0.39, 0.29) is 35.5 Å². The highest BCUT2D eigenvalue weighted by atomic mass is 35.5. The maximum absolute atomic E-state index is 14.0. The van der Waals surface area contributed by atoms with E-state index < -0.39 is 21.2 Å². The summed E-state index contributed by atoms with van der Waals surface area (Å²) in [5.74, 6) is 0.781. The third-order valence-corrected chi connectivity index (χ3v) is 13.2. The van der Waals surface area contributed by atoms with E-state index in [1.54, 1.807) is 18.2 Å². The van der Waals surface area contributed by atoms with Crippen LogP contribution in [0.3, 0.4) is 0 Å². The molecule has 2 N–H and O–H groups in total. The van der Waals surface area contributed by atoms with E-state index >= 15 is 0 Å². The molecule has 2 unspecified atom stereocenters. The van der Waals surface area contributed by atoms with Crippen LogP contribution in [0.5, 0.6) is 5.75 Å². The Morgan fingerprint density at radius 1 is 1.12 bits per heavy atom. The van der Waals surface area contributed by atoms with Crippen molar-refractivity contribution in [2.75, 3.05) is 24.6 Å². The van der Waals surface area contributed by atoms with Crippen molar-refractivity contribution >= 4 is 33.2 Å². The van der Waals surface area contributed by atoms with E-state index in [0.29, 0.717) is 42.7 Å². The van der Waals surface area contributed by atoms with Gasteiger partial charge in [0.2, 0.25) is 10.0 Å². The van der Waals surface area contributed by atoms with Crippen LogP contribution in [0.25, 0.3) is 0 Å². The number of nitrogens with one attached hydrogen (secondary N) is 1. The summed E-state index contributed by atoms with van der Waals surface area (Å²) in [7, 11) is -4.05. The Hall–Kier alpha value is -2.59. The number of aliphatic hydroxyl groups excluding tert-OH is 1. The number of rotatable bonds is 13. The van der Waals surface area contributed by atoms with Crippen LogP contribution in [0, 0.1) is 23.7 Å². The zero-order chi connectivity index (χ0) is 35.1. The molecule has 270 valence electrons. The highest BCUT2D eigenvalue weighted by Gasteiger charge is 2.37. The molecule has 10 heteroatoms. The number of aryl methyl sites for hydroxylation is 1. The molecule has 1 amide bonds. The van der Waals surface area contributed by atoms with Gasteiger partial charge in [-0.05, 0) is 130 Å². The molecule has 49 heavy (non-hydrogen) atoms. The van der Waals surface area contributed by atoms with E-state index in [2.05, 4.69) is 30.0 Å². The van der Waals surface area contributed by atoms with Crippen molar-refractivity contribution in [1.29, 1.82) is 0 Å². The standard InChI is InChI=1S/C39H55ClN2O6S/c1-5-26(3)28(6-2)21-35(23-34-11-9-19-47-34)49(45,46)41-39(44)30-14-17-38-37(22-30)42(24-31-13-16-36(31)27(4)43)18-8-7-10-29-20-33(40)15-12-32(29)25-48-38/h6,12,14-15,17,20,22,26-28,31,34-36,43H,2,5,7-11,13,16,18-19,21,23-25H2,1,3-4H3,(H,41,44)/t26?,27-,28?,31-,34-,35+,36-/m0/s1. The molecular formula is C39H55ClN2O6S. The van der Waals surface area contributed by atoms with Gasteiger partial charge in [0, 0.05) is 30.3 Å². The summed E-state index contributed by atoms with van der Waals surface area (Å²) >= 11 is 6.35. The Morgan fingerprint density at radius 2 is 1.94 bits per heavy atom. The number of fused-ring (bicyclic) bond motifs is 2. The topological polar surface area (TPSA) is 105 Å². The van der Waals surface area contributed by atoms with E-state index in [1.807, 2.05) is 31.2 Å². The Balaban J connectivity index is 1.43. The van der Waals surface area contributed by atoms with Gasteiger partial charge in [-0.1, -0.05) is 44.0 Å². The second-order valence-electron chi connectivity index (χ2n) is 14.5. The van der Waals surface area contributed by atoms with Gasteiger partial charge in [-0.25, -0.2) is 13.1 Å². The largest absolute Gasteiger partial charge is 0.487 e. The number of hydrogen-bond acceptors (Lipinski definition) is 7. The Morgan fingerprint density at radius 3 is 2.61 bits per heavy atom. The monoisotopic (exact) mass is 714 g/mol. The van der Waals surface area contributed by atoms with Crippen molar-refractivity contribution in [1.82, 2.24) is 4.72 Å². The number of benzene rings is 2.